The molecule has 3 rings (SSSR count). The number of nitriles is 1. The smallest absolute Gasteiger partial charge is 0.172 e. The zero-order valence-electron chi connectivity index (χ0n) is 15.3. The number of nitrogens with zero attached hydrogens (tertiary/aromatic N) is 5. The summed E-state index contributed by atoms with van der Waals surface area (Å²) in [6.45, 7) is 2.97. The lowest BCUT2D eigenvalue weighted by atomic mass is 9.90. The molecule has 0 saturated heterocycles. The second-order valence-electron chi connectivity index (χ2n) is 7.06. The Kier molecular flexibility index (Phi) is 6.31. The Hall–Kier alpha value is -2.30. The molecule has 0 amide bonds. The van der Waals surface area contributed by atoms with Gasteiger partial charge >= 0.3 is 0 Å². The predicted molar refractivity (Wildman–Crippen MR) is 99.1 cm³/mol. The molecule has 7 nitrogen and oxygen atoms in total. The maximum Gasteiger partial charge on any atom is 0.172 e. The van der Waals surface area contributed by atoms with Gasteiger partial charge in [-0.3, -0.25) is 0 Å². The first-order valence-corrected chi connectivity index (χ1v) is 9.49. The molecule has 1 aromatic heterocycles. The van der Waals surface area contributed by atoms with Crippen LogP contribution in [0.15, 0.2) is 24.3 Å². The van der Waals surface area contributed by atoms with Crippen LogP contribution in [0.3, 0.4) is 0 Å². The van der Waals surface area contributed by atoms with E-state index in [9.17, 15) is 0 Å². The van der Waals surface area contributed by atoms with Crippen molar-refractivity contribution in [3.05, 3.63) is 41.2 Å². The normalized spacial score (nSPS) is 21.3. The molecule has 1 saturated carbocycles. The molecule has 1 heterocycles. The third kappa shape index (κ3) is 4.45. The summed E-state index contributed by atoms with van der Waals surface area (Å²) < 4.78 is 1.90. The van der Waals surface area contributed by atoms with Crippen molar-refractivity contribution in [1.82, 2.24) is 25.5 Å². The number of aromatic nitrogens is 4. The van der Waals surface area contributed by atoms with Gasteiger partial charge < -0.3 is 11.1 Å². The van der Waals surface area contributed by atoms with Crippen molar-refractivity contribution in [2.24, 2.45) is 5.73 Å². The van der Waals surface area contributed by atoms with E-state index in [1.807, 2.05) is 28.9 Å². The Morgan fingerprint density at radius 3 is 2.65 bits per heavy atom. The third-order valence-corrected chi connectivity index (χ3v) is 5.09. The van der Waals surface area contributed by atoms with Crippen molar-refractivity contribution < 1.29 is 0 Å². The van der Waals surface area contributed by atoms with Gasteiger partial charge in [-0.2, -0.15) is 5.26 Å². The quantitative estimate of drug-likeness (QED) is 0.791. The van der Waals surface area contributed by atoms with Gasteiger partial charge in [0.05, 0.1) is 17.7 Å². The molecule has 138 valence electrons. The van der Waals surface area contributed by atoms with Crippen LogP contribution in [0, 0.1) is 11.3 Å². The van der Waals surface area contributed by atoms with Crippen LogP contribution in [0.5, 0.6) is 0 Å². The Morgan fingerprint density at radius 1 is 1.27 bits per heavy atom. The van der Waals surface area contributed by atoms with Gasteiger partial charge in [-0.05, 0) is 60.2 Å². The van der Waals surface area contributed by atoms with E-state index in [1.54, 1.807) is 0 Å². The van der Waals surface area contributed by atoms with E-state index in [4.69, 9.17) is 11.0 Å². The monoisotopic (exact) mass is 353 g/mol. The van der Waals surface area contributed by atoms with Crippen molar-refractivity contribution in [3.63, 3.8) is 0 Å². The van der Waals surface area contributed by atoms with E-state index >= 15 is 0 Å². The highest BCUT2D eigenvalue weighted by molar-refractivity contribution is 5.34. The first kappa shape index (κ1) is 18.5. The molecule has 0 bridgehead atoms. The van der Waals surface area contributed by atoms with E-state index in [1.165, 1.54) is 0 Å². The van der Waals surface area contributed by atoms with E-state index < -0.39 is 0 Å². The van der Waals surface area contributed by atoms with E-state index in [2.05, 4.69) is 33.8 Å². The Morgan fingerprint density at radius 2 is 2.00 bits per heavy atom. The summed E-state index contributed by atoms with van der Waals surface area (Å²) in [6, 6.07) is 10.5. The Bertz CT molecular complexity index is 723. The summed E-state index contributed by atoms with van der Waals surface area (Å²) in [6.07, 6.45) is 6.33. The van der Waals surface area contributed by atoms with Gasteiger partial charge in [-0.15, -0.1) is 5.10 Å². The SMILES string of the molecule is CCCCn1nnnc1C(NC1CCC(N)CC1)c1ccc(C#N)cc1. The Balaban J connectivity index is 1.85. The maximum absolute atomic E-state index is 9.06. The van der Waals surface area contributed by atoms with Crippen LogP contribution in [-0.2, 0) is 6.54 Å². The molecule has 7 heteroatoms. The van der Waals surface area contributed by atoms with Crippen LogP contribution >= 0.6 is 0 Å². The van der Waals surface area contributed by atoms with Crippen molar-refractivity contribution >= 4 is 0 Å². The molecule has 1 aliphatic carbocycles. The second-order valence-corrected chi connectivity index (χ2v) is 7.06. The van der Waals surface area contributed by atoms with Gasteiger partial charge in [0.1, 0.15) is 0 Å². The van der Waals surface area contributed by atoms with Crippen LogP contribution in [0.1, 0.15) is 68.4 Å². The number of tetrazole rings is 1. The summed E-state index contributed by atoms with van der Waals surface area (Å²) in [5.41, 5.74) is 7.78. The lowest BCUT2D eigenvalue weighted by molar-refractivity contribution is 0.320. The summed E-state index contributed by atoms with van der Waals surface area (Å²) in [5, 5.41) is 25.2. The molecular formula is C19H27N7. The van der Waals surface area contributed by atoms with E-state index in [0.717, 1.165) is 56.5 Å². The molecule has 2 aromatic rings. The van der Waals surface area contributed by atoms with Gasteiger partial charge in [0.15, 0.2) is 5.82 Å². The average Bonchev–Trinajstić information content (AvgIpc) is 3.14. The van der Waals surface area contributed by atoms with E-state index in [0.29, 0.717) is 17.6 Å². The molecule has 1 aliphatic rings. The van der Waals surface area contributed by atoms with Gasteiger partial charge in [-0.25, -0.2) is 4.68 Å². The first-order valence-electron chi connectivity index (χ1n) is 9.49. The number of benzene rings is 1. The highest BCUT2D eigenvalue weighted by Gasteiger charge is 2.26. The second kappa shape index (κ2) is 8.88. The highest BCUT2D eigenvalue weighted by Crippen LogP contribution is 2.25. The fourth-order valence-electron chi connectivity index (χ4n) is 3.48. The molecule has 26 heavy (non-hydrogen) atoms. The van der Waals surface area contributed by atoms with Gasteiger partial charge in [0.25, 0.3) is 0 Å². The largest absolute Gasteiger partial charge is 0.328 e. The topological polar surface area (TPSA) is 105 Å². The van der Waals surface area contributed by atoms with Crippen molar-refractivity contribution in [2.45, 2.75) is 70.1 Å². The predicted octanol–water partition coefficient (Wildman–Crippen LogP) is 2.29. The lowest BCUT2D eigenvalue weighted by Gasteiger charge is -2.30. The van der Waals surface area contributed by atoms with Crippen molar-refractivity contribution in [1.29, 1.82) is 5.26 Å². The number of unbranched alkanes of at least 4 members (excludes halogenated alkanes) is 1. The summed E-state index contributed by atoms with van der Waals surface area (Å²) in [7, 11) is 0. The molecule has 1 atom stereocenters. The minimum absolute atomic E-state index is 0.0890. The standard InChI is InChI=1S/C19H27N7/c1-2-3-12-26-19(23-24-25-26)18(15-6-4-14(13-20)5-7-15)22-17-10-8-16(21)9-11-17/h4-7,16-18,22H,2-3,8-12,21H2,1H3. The van der Waals surface area contributed by atoms with Crippen LogP contribution < -0.4 is 11.1 Å². The fourth-order valence-corrected chi connectivity index (χ4v) is 3.48. The van der Waals surface area contributed by atoms with Crippen molar-refractivity contribution in [2.75, 3.05) is 0 Å². The number of nitrogens with two attached hydrogens (primary N) is 1. The molecule has 3 N–H and O–H groups in total. The van der Waals surface area contributed by atoms with Crippen LogP contribution in [-0.4, -0.2) is 32.3 Å². The number of aryl methyl sites for hydroxylation is 1. The number of hydrogen-bond donors (Lipinski definition) is 2. The lowest BCUT2D eigenvalue weighted by Crippen LogP contribution is -2.40. The molecule has 0 spiro atoms. The molecule has 0 radical (unpaired) electrons. The number of hydrogen-bond acceptors (Lipinski definition) is 6. The zero-order chi connectivity index (χ0) is 18.4. The van der Waals surface area contributed by atoms with Crippen LogP contribution in [0.25, 0.3) is 0 Å². The molecule has 1 aromatic carbocycles. The molecular weight excluding hydrogens is 326 g/mol. The third-order valence-electron chi connectivity index (χ3n) is 5.09. The number of rotatable bonds is 7. The fraction of sp³-hybridized carbons (Fsp3) is 0.579. The van der Waals surface area contributed by atoms with Gasteiger partial charge in [-0.1, -0.05) is 25.5 Å². The summed E-state index contributed by atoms with van der Waals surface area (Å²) in [4.78, 5) is 0. The van der Waals surface area contributed by atoms with E-state index in [-0.39, 0.29) is 6.04 Å². The summed E-state index contributed by atoms with van der Waals surface area (Å²) >= 11 is 0. The molecule has 1 fully saturated rings. The molecule has 0 aliphatic heterocycles. The minimum Gasteiger partial charge on any atom is -0.328 e. The van der Waals surface area contributed by atoms with Gasteiger partial charge in [0.2, 0.25) is 0 Å². The highest BCUT2D eigenvalue weighted by atomic mass is 15.5. The van der Waals surface area contributed by atoms with Crippen molar-refractivity contribution in [3.8, 4) is 6.07 Å². The van der Waals surface area contributed by atoms with Gasteiger partial charge in [0, 0.05) is 18.6 Å². The molecule has 1 unspecified atom stereocenters. The van der Waals surface area contributed by atoms with Crippen LogP contribution in [0.4, 0.5) is 0 Å². The first-order chi connectivity index (χ1) is 12.7. The number of nitrogens with one attached hydrogen (secondary N) is 1. The minimum atomic E-state index is -0.0890. The Labute approximate surface area is 154 Å². The average molecular weight is 353 g/mol. The van der Waals surface area contributed by atoms with Crippen LogP contribution in [0.2, 0.25) is 0 Å². The maximum atomic E-state index is 9.06. The summed E-state index contributed by atoms with van der Waals surface area (Å²) in [5.74, 6) is 0.832. The zero-order valence-corrected chi connectivity index (χ0v) is 15.3.